The van der Waals surface area contributed by atoms with Gasteiger partial charge in [0.25, 0.3) is 5.91 Å². The SMILES string of the molecule is CNC(=O)c1ccc(CN(C)C(C)C(=O)N(C)Cc2ccccc2)cc1. The number of carbonyl (C=O) groups excluding carboxylic acids is 2. The summed E-state index contributed by atoms with van der Waals surface area (Å²) in [6.45, 7) is 3.15. The van der Waals surface area contributed by atoms with Gasteiger partial charge in [0.15, 0.2) is 0 Å². The lowest BCUT2D eigenvalue weighted by Gasteiger charge is -2.28. The Morgan fingerprint density at radius 3 is 2.08 bits per heavy atom. The van der Waals surface area contributed by atoms with Crippen LogP contribution in [0.4, 0.5) is 0 Å². The highest BCUT2D eigenvalue weighted by molar-refractivity contribution is 5.93. The van der Waals surface area contributed by atoms with Gasteiger partial charge in [0.05, 0.1) is 6.04 Å². The third-order valence-corrected chi connectivity index (χ3v) is 4.53. The van der Waals surface area contributed by atoms with Crippen LogP contribution in [-0.4, -0.2) is 48.8 Å². The third kappa shape index (κ3) is 5.17. The van der Waals surface area contributed by atoms with Crippen LogP contribution < -0.4 is 5.32 Å². The van der Waals surface area contributed by atoms with Gasteiger partial charge < -0.3 is 10.2 Å². The zero-order valence-corrected chi connectivity index (χ0v) is 15.9. The van der Waals surface area contributed by atoms with E-state index in [1.807, 2.05) is 68.4 Å². The first kappa shape index (κ1) is 19.7. The van der Waals surface area contributed by atoms with Gasteiger partial charge in [-0.15, -0.1) is 0 Å². The predicted molar refractivity (Wildman–Crippen MR) is 104 cm³/mol. The van der Waals surface area contributed by atoms with Crippen molar-refractivity contribution < 1.29 is 9.59 Å². The molecule has 1 atom stereocenters. The summed E-state index contributed by atoms with van der Waals surface area (Å²) in [5.41, 5.74) is 2.80. The fraction of sp³-hybridized carbons (Fsp3) is 0.333. The van der Waals surface area contributed by atoms with Crippen LogP contribution in [0.15, 0.2) is 54.6 Å². The van der Waals surface area contributed by atoms with E-state index in [9.17, 15) is 9.59 Å². The quantitative estimate of drug-likeness (QED) is 0.832. The Balaban J connectivity index is 1.94. The Morgan fingerprint density at radius 2 is 1.50 bits per heavy atom. The van der Waals surface area contributed by atoms with Crippen LogP contribution in [0.2, 0.25) is 0 Å². The fourth-order valence-electron chi connectivity index (χ4n) is 2.77. The largest absolute Gasteiger partial charge is 0.355 e. The molecule has 0 aliphatic heterocycles. The number of nitrogens with one attached hydrogen (secondary N) is 1. The number of nitrogens with zero attached hydrogens (tertiary/aromatic N) is 2. The first-order valence-corrected chi connectivity index (χ1v) is 8.72. The molecule has 0 fully saturated rings. The Bertz CT molecular complexity index is 729. The van der Waals surface area contributed by atoms with Crippen LogP contribution in [0.3, 0.4) is 0 Å². The molecule has 0 spiro atoms. The maximum atomic E-state index is 12.7. The maximum absolute atomic E-state index is 12.7. The summed E-state index contributed by atoms with van der Waals surface area (Å²) in [6, 6.07) is 17.2. The van der Waals surface area contributed by atoms with E-state index in [1.54, 1.807) is 24.1 Å². The van der Waals surface area contributed by atoms with Gasteiger partial charge in [-0.25, -0.2) is 0 Å². The number of hydrogen-bond donors (Lipinski definition) is 1. The predicted octanol–water partition coefficient (Wildman–Crippen LogP) is 2.53. The normalized spacial score (nSPS) is 11.9. The molecular formula is C21H27N3O2. The number of hydrogen-bond acceptors (Lipinski definition) is 3. The highest BCUT2D eigenvalue weighted by atomic mass is 16.2. The molecule has 2 aromatic rings. The summed E-state index contributed by atoms with van der Waals surface area (Å²) in [5.74, 6) is -0.0191. The lowest BCUT2D eigenvalue weighted by Crippen LogP contribution is -2.43. The van der Waals surface area contributed by atoms with Crippen LogP contribution in [0.25, 0.3) is 0 Å². The highest BCUT2D eigenvalue weighted by Crippen LogP contribution is 2.11. The van der Waals surface area contributed by atoms with Crippen LogP contribution in [0.5, 0.6) is 0 Å². The number of benzene rings is 2. The van der Waals surface area contributed by atoms with Crippen LogP contribution in [0, 0.1) is 0 Å². The smallest absolute Gasteiger partial charge is 0.251 e. The van der Waals surface area contributed by atoms with Crippen molar-refractivity contribution >= 4 is 11.8 Å². The van der Waals surface area contributed by atoms with Crippen LogP contribution in [-0.2, 0) is 17.9 Å². The molecule has 138 valence electrons. The monoisotopic (exact) mass is 353 g/mol. The molecule has 0 aromatic heterocycles. The molecule has 1 N–H and O–H groups in total. The Hall–Kier alpha value is -2.66. The van der Waals surface area contributed by atoms with E-state index in [-0.39, 0.29) is 17.9 Å². The summed E-state index contributed by atoms with van der Waals surface area (Å²) in [6.07, 6.45) is 0. The van der Waals surface area contributed by atoms with Gasteiger partial charge in [-0.2, -0.15) is 0 Å². The van der Waals surface area contributed by atoms with Crippen molar-refractivity contribution in [2.24, 2.45) is 0 Å². The molecule has 0 radical (unpaired) electrons. The molecule has 1 unspecified atom stereocenters. The summed E-state index contributed by atoms with van der Waals surface area (Å²) in [4.78, 5) is 28.1. The lowest BCUT2D eigenvalue weighted by molar-refractivity contribution is -0.135. The van der Waals surface area contributed by atoms with E-state index in [0.29, 0.717) is 18.7 Å². The first-order valence-electron chi connectivity index (χ1n) is 8.72. The summed E-state index contributed by atoms with van der Waals surface area (Å²) >= 11 is 0. The number of likely N-dealkylation sites (N-methyl/N-ethyl adjacent to an activating group) is 2. The Morgan fingerprint density at radius 1 is 0.923 bits per heavy atom. The number of amides is 2. The van der Waals surface area contributed by atoms with E-state index in [0.717, 1.165) is 11.1 Å². The van der Waals surface area contributed by atoms with Gasteiger partial charge in [-0.05, 0) is 37.2 Å². The van der Waals surface area contributed by atoms with Crippen molar-refractivity contribution in [3.05, 3.63) is 71.3 Å². The van der Waals surface area contributed by atoms with Gasteiger partial charge in [-0.1, -0.05) is 42.5 Å². The zero-order valence-electron chi connectivity index (χ0n) is 15.9. The first-order chi connectivity index (χ1) is 12.4. The van der Waals surface area contributed by atoms with E-state index in [4.69, 9.17) is 0 Å². The van der Waals surface area contributed by atoms with Crippen molar-refractivity contribution in [1.82, 2.24) is 15.1 Å². The second-order valence-electron chi connectivity index (χ2n) is 6.55. The maximum Gasteiger partial charge on any atom is 0.251 e. The molecule has 2 amide bonds. The molecule has 0 aliphatic carbocycles. The average molecular weight is 353 g/mol. The van der Waals surface area contributed by atoms with Gasteiger partial charge in [0, 0.05) is 32.7 Å². The molecule has 2 aromatic carbocycles. The van der Waals surface area contributed by atoms with Gasteiger partial charge in [0.1, 0.15) is 0 Å². The van der Waals surface area contributed by atoms with E-state index < -0.39 is 0 Å². The second kappa shape index (κ2) is 9.15. The topological polar surface area (TPSA) is 52.7 Å². The van der Waals surface area contributed by atoms with E-state index in [1.165, 1.54) is 0 Å². The van der Waals surface area contributed by atoms with Crippen molar-refractivity contribution in [2.45, 2.75) is 26.1 Å². The van der Waals surface area contributed by atoms with Gasteiger partial charge in [0.2, 0.25) is 5.91 Å². The standard InChI is InChI=1S/C21H27N3O2/c1-16(21(26)24(4)15-17-8-6-5-7-9-17)23(3)14-18-10-12-19(13-11-18)20(25)22-2/h5-13,16H,14-15H2,1-4H3,(H,22,25). The molecule has 0 bridgehead atoms. The lowest BCUT2D eigenvalue weighted by atomic mass is 10.1. The Labute approximate surface area is 155 Å². The minimum atomic E-state index is -0.234. The molecule has 26 heavy (non-hydrogen) atoms. The molecule has 0 saturated carbocycles. The Kier molecular flexibility index (Phi) is 6.92. The average Bonchev–Trinajstić information content (AvgIpc) is 2.67. The van der Waals surface area contributed by atoms with Crippen molar-refractivity contribution in [3.8, 4) is 0 Å². The highest BCUT2D eigenvalue weighted by Gasteiger charge is 2.21. The van der Waals surface area contributed by atoms with Crippen LogP contribution >= 0.6 is 0 Å². The number of carbonyl (C=O) groups is 2. The molecule has 0 aliphatic rings. The summed E-state index contributed by atoms with van der Waals surface area (Å²) in [7, 11) is 5.38. The molecule has 2 rings (SSSR count). The minimum absolute atomic E-state index is 0.0818. The van der Waals surface area contributed by atoms with Gasteiger partial charge in [-0.3, -0.25) is 14.5 Å². The molecule has 0 saturated heterocycles. The summed E-state index contributed by atoms with van der Waals surface area (Å²) < 4.78 is 0. The minimum Gasteiger partial charge on any atom is -0.355 e. The van der Waals surface area contributed by atoms with Crippen molar-refractivity contribution in [2.75, 3.05) is 21.1 Å². The summed E-state index contributed by atoms with van der Waals surface area (Å²) in [5, 5.41) is 2.61. The van der Waals surface area contributed by atoms with Gasteiger partial charge >= 0.3 is 0 Å². The molecule has 5 heteroatoms. The van der Waals surface area contributed by atoms with Crippen molar-refractivity contribution in [3.63, 3.8) is 0 Å². The fourth-order valence-corrected chi connectivity index (χ4v) is 2.77. The second-order valence-corrected chi connectivity index (χ2v) is 6.55. The zero-order chi connectivity index (χ0) is 19.1. The van der Waals surface area contributed by atoms with E-state index >= 15 is 0 Å². The van der Waals surface area contributed by atoms with Crippen LogP contribution in [0.1, 0.15) is 28.4 Å². The molecule has 0 heterocycles. The van der Waals surface area contributed by atoms with E-state index in [2.05, 4.69) is 5.32 Å². The molecular weight excluding hydrogens is 326 g/mol. The number of rotatable bonds is 7. The third-order valence-electron chi connectivity index (χ3n) is 4.53. The van der Waals surface area contributed by atoms with Crippen molar-refractivity contribution in [1.29, 1.82) is 0 Å². The molecule has 5 nitrogen and oxygen atoms in total.